The Bertz CT molecular complexity index is 725. The van der Waals surface area contributed by atoms with Crippen molar-refractivity contribution in [3.63, 3.8) is 0 Å². The molecule has 0 radical (unpaired) electrons. The maximum absolute atomic E-state index is 12.4. The number of hydrogen-bond donors (Lipinski definition) is 1. The minimum atomic E-state index is -0.297. The summed E-state index contributed by atoms with van der Waals surface area (Å²) in [5.74, 6) is 1.54. The SMILES string of the molecule is Cc1noc(C(C)NC(=O)N(C)CC2CCN(Cc3ccccc3)CC2)n1. The summed E-state index contributed by atoms with van der Waals surface area (Å²) in [5.41, 5.74) is 1.36. The van der Waals surface area contributed by atoms with E-state index < -0.39 is 0 Å². The number of carbonyl (C=O) groups is 1. The van der Waals surface area contributed by atoms with Crippen LogP contribution in [0, 0.1) is 12.8 Å². The Balaban J connectivity index is 1.40. The number of hydrogen-bond acceptors (Lipinski definition) is 5. The first kappa shape index (κ1) is 19.4. The zero-order valence-electron chi connectivity index (χ0n) is 16.4. The highest BCUT2D eigenvalue weighted by atomic mass is 16.5. The van der Waals surface area contributed by atoms with Crippen LogP contribution in [0.3, 0.4) is 0 Å². The topological polar surface area (TPSA) is 74.5 Å². The van der Waals surface area contributed by atoms with Crippen LogP contribution >= 0.6 is 0 Å². The summed E-state index contributed by atoms with van der Waals surface area (Å²) in [5, 5.41) is 6.69. The number of benzene rings is 1. The molecule has 1 aliphatic rings. The lowest BCUT2D eigenvalue weighted by Crippen LogP contribution is -2.43. The Morgan fingerprint density at radius 3 is 2.67 bits per heavy atom. The minimum absolute atomic E-state index is 0.106. The first-order valence-corrected chi connectivity index (χ1v) is 9.59. The van der Waals surface area contributed by atoms with Crippen molar-refractivity contribution < 1.29 is 9.32 Å². The van der Waals surface area contributed by atoms with E-state index in [2.05, 4.69) is 50.7 Å². The molecule has 1 unspecified atom stereocenters. The van der Waals surface area contributed by atoms with Crippen LogP contribution in [0.4, 0.5) is 4.79 Å². The van der Waals surface area contributed by atoms with Crippen LogP contribution in [0.15, 0.2) is 34.9 Å². The van der Waals surface area contributed by atoms with Gasteiger partial charge in [0.15, 0.2) is 5.82 Å². The van der Waals surface area contributed by atoms with Gasteiger partial charge in [0.25, 0.3) is 0 Å². The lowest BCUT2D eigenvalue weighted by atomic mass is 9.96. The van der Waals surface area contributed by atoms with E-state index in [1.807, 2.05) is 14.0 Å². The molecule has 7 heteroatoms. The van der Waals surface area contributed by atoms with E-state index in [-0.39, 0.29) is 12.1 Å². The van der Waals surface area contributed by atoms with Gasteiger partial charge < -0.3 is 14.7 Å². The number of nitrogens with one attached hydrogen (secondary N) is 1. The van der Waals surface area contributed by atoms with Crippen molar-refractivity contribution in [2.24, 2.45) is 5.92 Å². The number of rotatable bonds is 6. The zero-order chi connectivity index (χ0) is 19.2. The quantitative estimate of drug-likeness (QED) is 0.845. The fourth-order valence-electron chi connectivity index (χ4n) is 3.49. The van der Waals surface area contributed by atoms with Gasteiger partial charge in [-0.3, -0.25) is 4.90 Å². The van der Waals surface area contributed by atoms with Crippen LogP contribution in [0.2, 0.25) is 0 Å². The van der Waals surface area contributed by atoms with E-state index >= 15 is 0 Å². The summed E-state index contributed by atoms with van der Waals surface area (Å²) in [6.45, 7) is 7.53. The number of likely N-dealkylation sites (tertiary alicyclic amines) is 1. The van der Waals surface area contributed by atoms with Gasteiger partial charge in [0, 0.05) is 20.1 Å². The molecule has 0 bridgehead atoms. The van der Waals surface area contributed by atoms with Gasteiger partial charge in [-0.25, -0.2) is 4.79 Å². The molecule has 1 aliphatic heterocycles. The summed E-state index contributed by atoms with van der Waals surface area (Å²) >= 11 is 0. The molecule has 2 aromatic rings. The van der Waals surface area contributed by atoms with E-state index in [0.717, 1.165) is 39.0 Å². The molecule has 2 amide bonds. The first-order valence-electron chi connectivity index (χ1n) is 9.59. The van der Waals surface area contributed by atoms with Crippen LogP contribution in [-0.2, 0) is 6.54 Å². The lowest BCUT2D eigenvalue weighted by Gasteiger charge is -2.34. The van der Waals surface area contributed by atoms with Crippen molar-refractivity contribution in [3.8, 4) is 0 Å². The van der Waals surface area contributed by atoms with Crippen LogP contribution < -0.4 is 5.32 Å². The van der Waals surface area contributed by atoms with Gasteiger partial charge in [-0.1, -0.05) is 35.5 Å². The Morgan fingerprint density at radius 1 is 1.33 bits per heavy atom. The number of amides is 2. The predicted molar refractivity (Wildman–Crippen MR) is 103 cm³/mol. The molecule has 0 spiro atoms. The van der Waals surface area contributed by atoms with Gasteiger partial charge in [0.2, 0.25) is 5.89 Å². The highest BCUT2D eigenvalue weighted by molar-refractivity contribution is 5.74. The van der Waals surface area contributed by atoms with E-state index in [9.17, 15) is 4.79 Å². The van der Waals surface area contributed by atoms with Gasteiger partial charge in [0.1, 0.15) is 6.04 Å². The second-order valence-electron chi connectivity index (χ2n) is 7.44. The lowest BCUT2D eigenvalue weighted by molar-refractivity contribution is 0.148. The van der Waals surface area contributed by atoms with Crippen molar-refractivity contribution in [1.82, 2.24) is 25.3 Å². The molecule has 1 saturated heterocycles. The van der Waals surface area contributed by atoms with E-state index in [4.69, 9.17) is 4.52 Å². The molecule has 2 heterocycles. The van der Waals surface area contributed by atoms with Crippen molar-refractivity contribution >= 4 is 6.03 Å². The van der Waals surface area contributed by atoms with Crippen LogP contribution in [0.1, 0.15) is 43.1 Å². The molecule has 7 nitrogen and oxygen atoms in total. The summed E-state index contributed by atoms with van der Waals surface area (Å²) in [4.78, 5) is 20.8. The maximum Gasteiger partial charge on any atom is 0.317 e. The number of nitrogens with zero attached hydrogens (tertiary/aromatic N) is 4. The fraction of sp³-hybridized carbons (Fsp3) is 0.550. The molecule has 3 rings (SSSR count). The van der Waals surface area contributed by atoms with E-state index in [1.54, 1.807) is 11.8 Å². The molecule has 1 aromatic carbocycles. The van der Waals surface area contributed by atoms with Gasteiger partial charge in [0.05, 0.1) is 0 Å². The molecule has 1 fully saturated rings. The number of aromatic nitrogens is 2. The summed E-state index contributed by atoms with van der Waals surface area (Å²) in [6.07, 6.45) is 2.23. The zero-order valence-corrected chi connectivity index (χ0v) is 16.4. The monoisotopic (exact) mass is 371 g/mol. The third kappa shape index (κ3) is 5.53. The van der Waals surface area contributed by atoms with Crippen molar-refractivity contribution in [2.45, 2.75) is 39.3 Å². The van der Waals surface area contributed by atoms with E-state index in [0.29, 0.717) is 17.6 Å². The molecule has 0 saturated carbocycles. The highest BCUT2D eigenvalue weighted by Gasteiger charge is 2.23. The first-order chi connectivity index (χ1) is 13.0. The summed E-state index contributed by atoms with van der Waals surface area (Å²) in [6, 6.07) is 10.2. The van der Waals surface area contributed by atoms with Crippen molar-refractivity contribution in [2.75, 3.05) is 26.7 Å². The Hall–Kier alpha value is -2.41. The average Bonchev–Trinajstić information content (AvgIpc) is 3.10. The van der Waals surface area contributed by atoms with Gasteiger partial charge in [-0.2, -0.15) is 4.98 Å². The summed E-state index contributed by atoms with van der Waals surface area (Å²) < 4.78 is 5.12. The summed E-state index contributed by atoms with van der Waals surface area (Å²) in [7, 11) is 1.84. The molecular formula is C20H29N5O2. The minimum Gasteiger partial charge on any atom is -0.337 e. The molecular weight excluding hydrogens is 342 g/mol. The van der Waals surface area contributed by atoms with E-state index in [1.165, 1.54) is 5.56 Å². The van der Waals surface area contributed by atoms with Crippen molar-refractivity contribution in [3.05, 3.63) is 47.6 Å². The number of carbonyl (C=O) groups excluding carboxylic acids is 1. The molecule has 1 N–H and O–H groups in total. The van der Waals surface area contributed by atoms with Crippen LogP contribution in [0.25, 0.3) is 0 Å². The number of piperidine rings is 1. The number of aryl methyl sites for hydroxylation is 1. The number of urea groups is 1. The predicted octanol–water partition coefficient (Wildman–Crippen LogP) is 2.99. The van der Waals surface area contributed by atoms with Gasteiger partial charge in [-0.15, -0.1) is 0 Å². The van der Waals surface area contributed by atoms with Crippen LogP contribution in [0.5, 0.6) is 0 Å². The Labute approximate surface area is 160 Å². The molecule has 1 atom stereocenters. The maximum atomic E-state index is 12.4. The standard InChI is InChI=1S/C20H29N5O2/c1-15(19-22-16(2)23-27-19)21-20(26)24(3)13-18-9-11-25(12-10-18)14-17-7-5-4-6-8-17/h4-8,15,18H,9-14H2,1-3H3,(H,21,26). The van der Waals surface area contributed by atoms with Crippen molar-refractivity contribution in [1.29, 1.82) is 0 Å². The smallest absolute Gasteiger partial charge is 0.317 e. The van der Waals surface area contributed by atoms with Gasteiger partial charge in [-0.05, 0) is 51.3 Å². The largest absolute Gasteiger partial charge is 0.337 e. The third-order valence-corrected chi connectivity index (χ3v) is 5.09. The molecule has 0 aliphatic carbocycles. The average molecular weight is 371 g/mol. The second kappa shape index (κ2) is 8.99. The Morgan fingerprint density at radius 2 is 2.04 bits per heavy atom. The fourth-order valence-corrected chi connectivity index (χ4v) is 3.49. The molecule has 146 valence electrons. The van der Waals surface area contributed by atoms with Crippen LogP contribution in [-0.4, -0.2) is 52.7 Å². The van der Waals surface area contributed by atoms with Gasteiger partial charge >= 0.3 is 6.03 Å². The Kier molecular flexibility index (Phi) is 6.45. The molecule has 27 heavy (non-hydrogen) atoms. The highest BCUT2D eigenvalue weighted by Crippen LogP contribution is 2.20. The third-order valence-electron chi connectivity index (χ3n) is 5.09. The normalized spacial score (nSPS) is 16.9. The molecule has 1 aromatic heterocycles. The second-order valence-corrected chi connectivity index (χ2v) is 7.44.